The van der Waals surface area contributed by atoms with Crippen molar-refractivity contribution >= 4 is 11.3 Å². The van der Waals surface area contributed by atoms with E-state index in [2.05, 4.69) is 46.0 Å². The molecule has 0 bridgehead atoms. The SMILES string of the molecule is c1ccc(C2CCC(NCCc3nccs3)CC2)cc1. The quantitative estimate of drug-likeness (QED) is 0.898. The molecule has 1 fully saturated rings. The molecule has 1 aromatic carbocycles. The van der Waals surface area contributed by atoms with Gasteiger partial charge in [-0.25, -0.2) is 4.98 Å². The Morgan fingerprint density at radius 3 is 2.60 bits per heavy atom. The molecule has 1 aliphatic rings. The molecule has 0 spiro atoms. The number of thiazole rings is 1. The van der Waals surface area contributed by atoms with Crippen LogP contribution in [0, 0.1) is 0 Å². The van der Waals surface area contributed by atoms with Crippen LogP contribution in [0.4, 0.5) is 0 Å². The minimum atomic E-state index is 0.704. The van der Waals surface area contributed by atoms with Gasteiger partial charge in [0.15, 0.2) is 0 Å². The van der Waals surface area contributed by atoms with Crippen LogP contribution in [0.15, 0.2) is 41.9 Å². The second-order valence-electron chi connectivity index (χ2n) is 5.59. The van der Waals surface area contributed by atoms with E-state index in [1.54, 1.807) is 11.3 Å². The number of benzene rings is 1. The molecule has 0 atom stereocenters. The van der Waals surface area contributed by atoms with Crippen molar-refractivity contribution in [2.45, 2.75) is 44.1 Å². The summed E-state index contributed by atoms with van der Waals surface area (Å²) in [6.07, 6.45) is 8.20. The molecule has 0 amide bonds. The fraction of sp³-hybridized carbons (Fsp3) is 0.471. The molecule has 20 heavy (non-hydrogen) atoms. The Kier molecular flexibility index (Phi) is 4.82. The van der Waals surface area contributed by atoms with Crippen molar-refractivity contribution in [3.8, 4) is 0 Å². The van der Waals surface area contributed by atoms with Crippen molar-refractivity contribution in [2.75, 3.05) is 6.54 Å². The van der Waals surface area contributed by atoms with E-state index in [0.717, 1.165) is 18.9 Å². The summed E-state index contributed by atoms with van der Waals surface area (Å²) in [4.78, 5) is 4.33. The van der Waals surface area contributed by atoms with Gasteiger partial charge >= 0.3 is 0 Å². The number of hydrogen-bond acceptors (Lipinski definition) is 3. The van der Waals surface area contributed by atoms with Crippen LogP contribution < -0.4 is 5.32 Å². The largest absolute Gasteiger partial charge is 0.314 e. The molecule has 0 aliphatic heterocycles. The summed E-state index contributed by atoms with van der Waals surface area (Å²) >= 11 is 1.76. The lowest BCUT2D eigenvalue weighted by Gasteiger charge is -2.29. The first-order valence-electron chi connectivity index (χ1n) is 7.58. The summed E-state index contributed by atoms with van der Waals surface area (Å²) < 4.78 is 0. The molecule has 2 nitrogen and oxygen atoms in total. The summed E-state index contributed by atoms with van der Waals surface area (Å²) in [5.41, 5.74) is 1.52. The van der Waals surface area contributed by atoms with E-state index < -0.39 is 0 Å². The lowest BCUT2D eigenvalue weighted by molar-refractivity contribution is 0.344. The van der Waals surface area contributed by atoms with Gasteiger partial charge in [-0.1, -0.05) is 30.3 Å². The summed E-state index contributed by atoms with van der Waals surface area (Å²) in [7, 11) is 0. The van der Waals surface area contributed by atoms with Crippen LogP contribution in [-0.2, 0) is 6.42 Å². The lowest BCUT2D eigenvalue weighted by atomic mass is 9.82. The molecular formula is C17H22N2S. The minimum Gasteiger partial charge on any atom is -0.314 e. The van der Waals surface area contributed by atoms with Gasteiger partial charge in [0.05, 0.1) is 5.01 Å². The monoisotopic (exact) mass is 286 g/mol. The summed E-state index contributed by atoms with van der Waals surface area (Å²) in [6, 6.07) is 11.7. The molecule has 0 unspecified atom stereocenters. The molecular weight excluding hydrogens is 264 g/mol. The van der Waals surface area contributed by atoms with Crippen molar-refractivity contribution in [1.82, 2.24) is 10.3 Å². The van der Waals surface area contributed by atoms with Gasteiger partial charge in [0.2, 0.25) is 0 Å². The third-order valence-corrected chi connectivity index (χ3v) is 5.09. The summed E-state index contributed by atoms with van der Waals surface area (Å²) in [5.74, 6) is 0.771. The second-order valence-corrected chi connectivity index (χ2v) is 6.57. The van der Waals surface area contributed by atoms with Gasteiger partial charge in [0.1, 0.15) is 0 Å². The second kappa shape index (κ2) is 7.00. The highest BCUT2D eigenvalue weighted by molar-refractivity contribution is 7.09. The van der Waals surface area contributed by atoms with Crippen LogP contribution in [0.5, 0.6) is 0 Å². The Balaban J connectivity index is 1.40. The molecule has 1 heterocycles. The van der Waals surface area contributed by atoms with Crippen molar-refractivity contribution in [1.29, 1.82) is 0 Å². The van der Waals surface area contributed by atoms with Gasteiger partial charge in [-0.2, -0.15) is 0 Å². The van der Waals surface area contributed by atoms with Crippen LogP contribution in [0.3, 0.4) is 0 Å². The number of aromatic nitrogens is 1. The molecule has 3 heteroatoms. The van der Waals surface area contributed by atoms with Crippen LogP contribution in [-0.4, -0.2) is 17.6 Å². The highest BCUT2D eigenvalue weighted by atomic mass is 32.1. The van der Waals surface area contributed by atoms with E-state index in [1.807, 2.05) is 6.20 Å². The molecule has 1 aromatic heterocycles. The highest BCUT2D eigenvalue weighted by Gasteiger charge is 2.21. The maximum Gasteiger partial charge on any atom is 0.0937 e. The Labute approximate surface area is 125 Å². The Morgan fingerprint density at radius 2 is 1.90 bits per heavy atom. The first kappa shape index (κ1) is 13.8. The predicted octanol–water partition coefficient (Wildman–Crippen LogP) is 4.00. The zero-order valence-corrected chi connectivity index (χ0v) is 12.6. The smallest absolute Gasteiger partial charge is 0.0937 e. The molecule has 3 rings (SSSR count). The first-order valence-corrected chi connectivity index (χ1v) is 8.46. The maximum atomic E-state index is 4.33. The fourth-order valence-corrected chi connectivity index (χ4v) is 3.74. The van der Waals surface area contributed by atoms with Crippen molar-refractivity contribution < 1.29 is 0 Å². The van der Waals surface area contributed by atoms with Gasteiger partial charge < -0.3 is 5.32 Å². The number of rotatable bonds is 5. The maximum absolute atomic E-state index is 4.33. The Morgan fingerprint density at radius 1 is 1.10 bits per heavy atom. The highest BCUT2D eigenvalue weighted by Crippen LogP contribution is 2.32. The summed E-state index contributed by atoms with van der Waals surface area (Å²) in [6.45, 7) is 1.06. The Hall–Kier alpha value is -1.19. The van der Waals surface area contributed by atoms with Gasteiger partial charge in [0.25, 0.3) is 0 Å². The van der Waals surface area contributed by atoms with Crippen molar-refractivity contribution in [3.05, 3.63) is 52.5 Å². The zero-order chi connectivity index (χ0) is 13.6. The third-order valence-electron chi connectivity index (χ3n) is 4.25. The van der Waals surface area contributed by atoms with E-state index in [-0.39, 0.29) is 0 Å². The van der Waals surface area contributed by atoms with Crippen LogP contribution in [0.1, 0.15) is 42.2 Å². The van der Waals surface area contributed by atoms with E-state index in [9.17, 15) is 0 Å². The fourth-order valence-electron chi connectivity index (χ4n) is 3.12. The van der Waals surface area contributed by atoms with Gasteiger partial charge in [-0.15, -0.1) is 11.3 Å². The standard InChI is InChI=1S/C17H22N2S/c1-2-4-14(5-3-1)15-6-8-16(9-7-15)18-11-10-17-19-12-13-20-17/h1-5,12-13,15-16,18H,6-11H2. The van der Waals surface area contributed by atoms with Gasteiger partial charge in [-0.05, 0) is 37.2 Å². The van der Waals surface area contributed by atoms with Crippen LogP contribution >= 0.6 is 11.3 Å². The number of nitrogens with one attached hydrogen (secondary N) is 1. The van der Waals surface area contributed by atoms with Crippen LogP contribution in [0.2, 0.25) is 0 Å². The van der Waals surface area contributed by atoms with Crippen molar-refractivity contribution in [3.63, 3.8) is 0 Å². The zero-order valence-electron chi connectivity index (χ0n) is 11.8. The topological polar surface area (TPSA) is 24.9 Å². The average molecular weight is 286 g/mol. The Bertz CT molecular complexity index is 487. The van der Waals surface area contributed by atoms with E-state index in [0.29, 0.717) is 6.04 Å². The van der Waals surface area contributed by atoms with Crippen LogP contribution in [0.25, 0.3) is 0 Å². The van der Waals surface area contributed by atoms with E-state index >= 15 is 0 Å². The third kappa shape index (κ3) is 3.68. The molecule has 1 saturated carbocycles. The lowest BCUT2D eigenvalue weighted by Crippen LogP contribution is -2.34. The van der Waals surface area contributed by atoms with E-state index in [4.69, 9.17) is 0 Å². The predicted molar refractivity (Wildman–Crippen MR) is 85.3 cm³/mol. The average Bonchev–Trinajstić information content (AvgIpc) is 3.02. The minimum absolute atomic E-state index is 0.704. The number of nitrogens with zero attached hydrogens (tertiary/aromatic N) is 1. The molecule has 0 saturated heterocycles. The molecule has 1 aliphatic carbocycles. The normalized spacial score (nSPS) is 22.8. The van der Waals surface area contributed by atoms with Gasteiger partial charge in [0, 0.05) is 30.6 Å². The number of hydrogen-bond donors (Lipinski definition) is 1. The van der Waals surface area contributed by atoms with E-state index in [1.165, 1.54) is 36.3 Å². The first-order chi connectivity index (χ1) is 9.92. The van der Waals surface area contributed by atoms with Crippen molar-refractivity contribution in [2.24, 2.45) is 0 Å². The summed E-state index contributed by atoms with van der Waals surface area (Å²) in [5, 5.41) is 7.00. The molecule has 0 radical (unpaired) electrons. The molecule has 106 valence electrons. The molecule has 1 N–H and O–H groups in total. The molecule has 2 aromatic rings. The van der Waals surface area contributed by atoms with Gasteiger partial charge in [-0.3, -0.25) is 0 Å².